The van der Waals surface area contributed by atoms with Crippen molar-refractivity contribution in [2.45, 2.75) is 6.42 Å². The SMILES string of the molecule is COC(=O)Nc1cc(F)c2c(c1)CCO2. The topological polar surface area (TPSA) is 47.6 Å². The molecule has 0 bridgehead atoms. The van der Waals surface area contributed by atoms with Crippen LogP contribution in [0.25, 0.3) is 0 Å². The van der Waals surface area contributed by atoms with Crippen LogP contribution < -0.4 is 10.1 Å². The van der Waals surface area contributed by atoms with Gasteiger partial charge >= 0.3 is 6.09 Å². The van der Waals surface area contributed by atoms with Gasteiger partial charge in [0, 0.05) is 23.7 Å². The van der Waals surface area contributed by atoms with E-state index in [2.05, 4.69) is 10.1 Å². The number of carbonyl (C=O) groups excluding carboxylic acids is 1. The number of halogens is 1. The first kappa shape index (κ1) is 9.76. The van der Waals surface area contributed by atoms with Crippen LogP contribution >= 0.6 is 0 Å². The van der Waals surface area contributed by atoms with Crippen LogP contribution in [0.4, 0.5) is 14.9 Å². The minimum Gasteiger partial charge on any atom is -0.490 e. The highest BCUT2D eigenvalue weighted by Gasteiger charge is 2.18. The average molecular weight is 211 g/mol. The minimum absolute atomic E-state index is 0.283. The number of ether oxygens (including phenoxy) is 2. The van der Waals surface area contributed by atoms with Crippen molar-refractivity contribution in [1.82, 2.24) is 0 Å². The van der Waals surface area contributed by atoms with Crippen molar-refractivity contribution >= 4 is 11.8 Å². The number of fused-ring (bicyclic) bond motifs is 1. The molecule has 0 saturated heterocycles. The number of carbonyl (C=O) groups is 1. The van der Waals surface area contributed by atoms with Crippen LogP contribution in [0.3, 0.4) is 0 Å². The standard InChI is InChI=1S/C10H10FNO3/c1-14-10(13)12-7-4-6-2-3-15-9(6)8(11)5-7/h4-5H,2-3H2,1H3,(H,12,13). The molecule has 1 heterocycles. The minimum atomic E-state index is -0.617. The molecule has 0 saturated carbocycles. The number of amides is 1. The lowest BCUT2D eigenvalue weighted by molar-refractivity contribution is 0.187. The maximum absolute atomic E-state index is 13.4. The van der Waals surface area contributed by atoms with Crippen molar-refractivity contribution in [2.24, 2.45) is 0 Å². The third kappa shape index (κ3) is 1.86. The van der Waals surface area contributed by atoms with Crippen LogP contribution in [-0.2, 0) is 11.2 Å². The normalized spacial score (nSPS) is 12.9. The summed E-state index contributed by atoms with van der Waals surface area (Å²) in [6.45, 7) is 0.480. The van der Waals surface area contributed by atoms with Crippen molar-refractivity contribution in [1.29, 1.82) is 0 Å². The Hall–Kier alpha value is -1.78. The second kappa shape index (κ2) is 3.76. The van der Waals surface area contributed by atoms with Gasteiger partial charge in [0.05, 0.1) is 13.7 Å². The van der Waals surface area contributed by atoms with E-state index in [0.717, 1.165) is 5.56 Å². The maximum Gasteiger partial charge on any atom is 0.411 e. The summed E-state index contributed by atoms with van der Waals surface area (Å²) < 4.78 is 22.9. The van der Waals surface area contributed by atoms with Gasteiger partial charge in [-0.15, -0.1) is 0 Å². The summed E-state index contributed by atoms with van der Waals surface area (Å²) in [6, 6.07) is 2.89. The predicted octanol–water partition coefficient (Wildman–Crippen LogP) is 1.94. The zero-order chi connectivity index (χ0) is 10.8. The molecule has 0 aliphatic carbocycles. The molecule has 80 valence electrons. The van der Waals surface area contributed by atoms with Gasteiger partial charge < -0.3 is 9.47 Å². The molecule has 4 nitrogen and oxygen atoms in total. The molecular weight excluding hydrogens is 201 g/mol. The van der Waals surface area contributed by atoms with Crippen LogP contribution in [-0.4, -0.2) is 19.8 Å². The van der Waals surface area contributed by atoms with Crippen LogP contribution in [0.2, 0.25) is 0 Å². The van der Waals surface area contributed by atoms with Crippen LogP contribution in [0.1, 0.15) is 5.56 Å². The second-order valence-electron chi connectivity index (χ2n) is 3.16. The van der Waals surface area contributed by atoms with E-state index in [1.54, 1.807) is 6.07 Å². The molecule has 0 spiro atoms. The molecule has 0 aromatic heterocycles. The number of methoxy groups -OCH3 is 1. The lowest BCUT2D eigenvalue weighted by atomic mass is 10.1. The molecule has 1 aliphatic heterocycles. The number of hydrogen-bond acceptors (Lipinski definition) is 3. The Morgan fingerprint density at radius 3 is 3.13 bits per heavy atom. The van der Waals surface area contributed by atoms with Gasteiger partial charge in [-0.25, -0.2) is 9.18 Å². The summed E-state index contributed by atoms with van der Waals surface area (Å²) in [4.78, 5) is 10.9. The predicted molar refractivity (Wildman–Crippen MR) is 51.6 cm³/mol. The van der Waals surface area contributed by atoms with Crippen molar-refractivity contribution in [3.63, 3.8) is 0 Å². The fourth-order valence-corrected chi connectivity index (χ4v) is 1.50. The van der Waals surface area contributed by atoms with Gasteiger partial charge in [-0.1, -0.05) is 0 Å². The lowest BCUT2D eigenvalue weighted by Crippen LogP contribution is -2.11. The summed E-state index contributed by atoms with van der Waals surface area (Å²) in [5, 5.41) is 2.41. The van der Waals surface area contributed by atoms with Crippen molar-refractivity contribution in [3.8, 4) is 5.75 Å². The molecule has 0 radical (unpaired) electrons. The number of hydrogen-bond donors (Lipinski definition) is 1. The van der Waals surface area contributed by atoms with E-state index >= 15 is 0 Å². The fourth-order valence-electron chi connectivity index (χ4n) is 1.50. The zero-order valence-electron chi connectivity index (χ0n) is 8.17. The Morgan fingerprint density at radius 1 is 1.60 bits per heavy atom. The molecule has 1 aromatic carbocycles. The fraction of sp³-hybridized carbons (Fsp3) is 0.300. The van der Waals surface area contributed by atoms with Gasteiger partial charge in [0.1, 0.15) is 0 Å². The Bertz CT molecular complexity index is 406. The summed E-state index contributed by atoms with van der Waals surface area (Å²) in [7, 11) is 1.25. The molecule has 0 fully saturated rings. The molecule has 2 rings (SSSR count). The largest absolute Gasteiger partial charge is 0.490 e. The number of benzene rings is 1. The number of rotatable bonds is 1. The second-order valence-corrected chi connectivity index (χ2v) is 3.16. The molecule has 0 unspecified atom stereocenters. The van der Waals surface area contributed by atoms with Gasteiger partial charge in [-0.3, -0.25) is 5.32 Å². The Balaban J connectivity index is 2.27. The van der Waals surface area contributed by atoms with Crippen molar-refractivity contribution in [3.05, 3.63) is 23.5 Å². The summed E-state index contributed by atoms with van der Waals surface area (Å²) in [5.41, 5.74) is 1.14. The van der Waals surface area contributed by atoms with Crippen molar-refractivity contribution in [2.75, 3.05) is 19.0 Å². The summed E-state index contributed by atoms with van der Waals surface area (Å²) in [6.07, 6.45) is 0.0384. The Morgan fingerprint density at radius 2 is 2.40 bits per heavy atom. The smallest absolute Gasteiger partial charge is 0.411 e. The first-order valence-corrected chi connectivity index (χ1v) is 4.51. The first-order valence-electron chi connectivity index (χ1n) is 4.51. The first-order chi connectivity index (χ1) is 7.20. The highest BCUT2D eigenvalue weighted by atomic mass is 19.1. The molecule has 15 heavy (non-hydrogen) atoms. The van der Waals surface area contributed by atoms with E-state index in [1.807, 2.05) is 0 Å². The lowest BCUT2D eigenvalue weighted by Gasteiger charge is -2.06. The van der Waals surface area contributed by atoms with Gasteiger partial charge in [-0.05, 0) is 6.07 Å². The zero-order valence-corrected chi connectivity index (χ0v) is 8.17. The number of anilines is 1. The van der Waals surface area contributed by atoms with Gasteiger partial charge in [0.2, 0.25) is 0 Å². The maximum atomic E-state index is 13.4. The van der Waals surface area contributed by atoms with E-state index in [0.29, 0.717) is 18.7 Å². The average Bonchev–Trinajstić information content (AvgIpc) is 2.66. The highest BCUT2D eigenvalue weighted by molar-refractivity contribution is 5.84. The monoisotopic (exact) mass is 211 g/mol. The van der Waals surface area contributed by atoms with Gasteiger partial charge in [0.15, 0.2) is 11.6 Å². The third-order valence-electron chi connectivity index (χ3n) is 2.17. The van der Waals surface area contributed by atoms with E-state index in [-0.39, 0.29) is 5.75 Å². The molecule has 1 N–H and O–H groups in total. The van der Waals surface area contributed by atoms with Crippen molar-refractivity contribution < 1.29 is 18.7 Å². The van der Waals surface area contributed by atoms with Gasteiger partial charge in [-0.2, -0.15) is 0 Å². The molecular formula is C10H10FNO3. The summed E-state index contributed by atoms with van der Waals surface area (Å²) >= 11 is 0. The highest BCUT2D eigenvalue weighted by Crippen LogP contribution is 2.31. The van der Waals surface area contributed by atoms with Crippen LogP contribution in [0, 0.1) is 5.82 Å². The van der Waals surface area contributed by atoms with E-state index in [1.165, 1.54) is 13.2 Å². The Labute approximate surface area is 86.0 Å². The Kier molecular flexibility index (Phi) is 2.45. The van der Waals surface area contributed by atoms with Crippen LogP contribution in [0.15, 0.2) is 12.1 Å². The third-order valence-corrected chi connectivity index (χ3v) is 2.17. The van der Waals surface area contributed by atoms with E-state index in [9.17, 15) is 9.18 Å². The number of nitrogens with one attached hydrogen (secondary N) is 1. The molecule has 1 amide bonds. The van der Waals surface area contributed by atoms with Gasteiger partial charge in [0.25, 0.3) is 0 Å². The molecule has 1 aliphatic rings. The van der Waals surface area contributed by atoms with E-state index in [4.69, 9.17) is 4.74 Å². The quantitative estimate of drug-likeness (QED) is 0.772. The van der Waals surface area contributed by atoms with Crippen LogP contribution in [0.5, 0.6) is 5.75 Å². The molecule has 0 atom stereocenters. The molecule has 5 heteroatoms. The molecule has 1 aromatic rings. The van der Waals surface area contributed by atoms with E-state index < -0.39 is 11.9 Å². The summed E-state index contributed by atoms with van der Waals surface area (Å²) in [5.74, 6) is -0.179.